The van der Waals surface area contributed by atoms with Gasteiger partial charge < -0.3 is 0 Å². The maximum atomic E-state index is 9.65. The first-order valence-electron chi connectivity index (χ1n) is 7.40. The molecule has 8 nitrogen and oxygen atoms in total. The summed E-state index contributed by atoms with van der Waals surface area (Å²) in [6.07, 6.45) is 3.69. The Balaban J connectivity index is 1.48. The maximum Gasteiger partial charge on any atom is 0.0971 e. The third kappa shape index (κ3) is 3.08. The Kier molecular flexibility index (Phi) is 3.57. The van der Waals surface area contributed by atoms with E-state index in [0.717, 1.165) is 22.3 Å². The monoisotopic (exact) mass is 334 g/mol. The van der Waals surface area contributed by atoms with Gasteiger partial charge in [0.1, 0.15) is 0 Å². The van der Waals surface area contributed by atoms with Crippen LogP contribution in [0.5, 0.6) is 0 Å². The van der Waals surface area contributed by atoms with E-state index in [1.165, 1.54) is 0 Å². The van der Waals surface area contributed by atoms with E-state index in [2.05, 4.69) is 25.4 Å². The first-order valence-corrected chi connectivity index (χ1v) is 9.28. The molecule has 2 aromatic heterocycles. The molecule has 0 atom stereocenters. The smallest absolute Gasteiger partial charge is 0.0971 e. The van der Waals surface area contributed by atoms with Gasteiger partial charge in [0, 0.05) is 25.0 Å². The lowest BCUT2D eigenvalue weighted by molar-refractivity contribution is 0.275. The van der Waals surface area contributed by atoms with Crippen LogP contribution in [0.25, 0.3) is 16.6 Å². The number of nitrogens with one attached hydrogen (secondary N) is 1. The van der Waals surface area contributed by atoms with Crippen LogP contribution < -0.4 is 0 Å². The highest BCUT2D eigenvalue weighted by Gasteiger charge is 2.22. The number of rotatable bonds is 3. The fourth-order valence-corrected chi connectivity index (χ4v) is 4.03. The highest BCUT2D eigenvalue weighted by Crippen LogP contribution is 2.40. The van der Waals surface area contributed by atoms with E-state index in [-0.39, 0.29) is 0 Å². The van der Waals surface area contributed by atoms with Crippen molar-refractivity contribution in [1.82, 2.24) is 30.1 Å². The maximum absolute atomic E-state index is 9.65. The second kappa shape index (κ2) is 5.60. The first kappa shape index (κ1) is 14.6. The van der Waals surface area contributed by atoms with Crippen molar-refractivity contribution in [3.05, 3.63) is 36.3 Å². The van der Waals surface area contributed by atoms with Crippen LogP contribution in [0.15, 0.2) is 30.6 Å². The molecule has 1 aliphatic heterocycles. The van der Waals surface area contributed by atoms with Crippen molar-refractivity contribution in [3.63, 3.8) is 0 Å². The van der Waals surface area contributed by atoms with Crippen LogP contribution in [-0.2, 0) is 6.54 Å². The normalized spacial score (nSPS) is 19.9. The van der Waals surface area contributed by atoms with Crippen molar-refractivity contribution in [2.45, 2.75) is 6.54 Å². The highest BCUT2D eigenvalue weighted by atomic mass is 32.3. The van der Waals surface area contributed by atoms with Gasteiger partial charge in [0.25, 0.3) is 0 Å². The van der Waals surface area contributed by atoms with E-state index >= 15 is 0 Å². The molecule has 0 spiro atoms. The Morgan fingerprint density at radius 1 is 1.22 bits per heavy atom. The van der Waals surface area contributed by atoms with Gasteiger partial charge >= 0.3 is 0 Å². The van der Waals surface area contributed by atoms with E-state index in [0.29, 0.717) is 31.1 Å². The Bertz CT molecular complexity index is 819. The third-order valence-electron chi connectivity index (χ3n) is 4.08. The molecule has 1 fully saturated rings. The standard InChI is InChI=1S/C14H18N6O2S/c21-23(22)5-3-19(4-6-23)9-12-10-20(18-16-12)13-1-2-14-11(7-13)8-15-17-14/h1-2,7-8,10,21-22H,3-6,9H2,(H,15,17). The molecular formula is C14H18N6O2S. The van der Waals surface area contributed by atoms with E-state index < -0.39 is 10.6 Å². The predicted octanol–water partition coefficient (Wildman–Crippen LogP) is 1.71. The zero-order chi connectivity index (χ0) is 15.9. The van der Waals surface area contributed by atoms with Crippen LogP contribution in [0.4, 0.5) is 0 Å². The van der Waals surface area contributed by atoms with Crippen molar-refractivity contribution in [1.29, 1.82) is 0 Å². The lowest BCUT2D eigenvalue weighted by atomic mass is 10.2. The van der Waals surface area contributed by atoms with Crippen molar-refractivity contribution < 1.29 is 9.11 Å². The van der Waals surface area contributed by atoms with Crippen molar-refractivity contribution in [2.24, 2.45) is 0 Å². The molecule has 3 heterocycles. The number of benzene rings is 1. The number of hydrogen-bond acceptors (Lipinski definition) is 6. The van der Waals surface area contributed by atoms with Gasteiger partial charge in [-0.05, 0) is 18.2 Å². The molecule has 0 aliphatic carbocycles. The van der Waals surface area contributed by atoms with E-state index in [1.54, 1.807) is 10.9 Å². The summed E-state index contributed by atoms with van der Waals surface area (Å²) in [6.45, 7) is 2.02. The van der Waals surface area contributed by atoms with Crippen LogP contribution in [0.2, 0.25) is 0 Å². The summed E-state index contributed by atoms with van der Waals surface area (Å²) in [7, 11) is -2.35. The molecule has 1 aliphatic rings. The van der Waals surface area contributed by atoms with Crippen LogP contribution in [-0.4, -0.2) is 63.8 Å². The Hall–Kier alpha value is -1.94. The average Bonchev–Trinajstić information content (AvgIpc) is 3.17. The topological polar surface area (TPSA) is 103 Å². The fraction of sp³-hybridized carbons (Fsp3) is 0.357. The van der Waals surface area contributed by atoms with Gasteiger partial charge in [-0.1, -0.05) is 5.21 Å². The fourth-order valence-electron chi connectivity index (χ4n) is 2.72. The Morgan fingerprint density at radius 2 is 2.04 bits per heavy atom. The second-order valence-electron chi connectivity index (χ2n) is 5.78. The summed E-state index contributed by atoms with van der Waals surface area (Å²) in [6, 6.07) is 5.94. The van der Waals surface area contributed by atoms with Gasteiger partial charge in [-0.15, -0.1) is 5.10 Å². The third-order valence-corrected chi connectivity index (χ3v) is 5.76. The van der Waals surface area contributed by atoms with Gasteiger partial charge in [-0.3, -0.25) is 19.1 Å². The molecule has 0 saturated carbocycles. The summed E-state index contributed by atoms with van der Waals surface area (Å²) in [5, 5.41) is 16.4. The second-order valence-corrected chi connectivity index (χ2v) is 8.20. The number of H-pyrrole nitrogens is 1. The summed E-state index contributed by atoms with van der Waals surface area (Å²) in [4.78, 5) is 2.17. The molecule has 9 heteroatoms. The lowest BCUT2D eigenvalue weighted by Gasteiger charge is -2.40. The number of aromatic nitrogens is 5. The molecule has 0 unspecified atom stereocenters. The number of hydrogen-bond donors (Lipinski definition) is 3. The SMILES string of the molecule is OS1(O)CCN(Cc2cn(-c3ccc4[nH]ncc4c3)nn2)CC1. The molecule has 1 saturated heterocycles. The molecule has 3 N–H and O–H groups in total. The molecule has 4 rings (SSSR count). The van der Waals surface area contributed by atoms with Gasteiger partial charge in [-0.25, -0.2) is 4.68 Å². The molecule has 0 amide bonds. The highest BCUT2D eigenvalue weighted by molar-refractivity contribution is 8.24. The average molecular weight is 334 g/mol. The molecule has 3 aromatic rings. The molecule has 23 heavy (non-hydrogen) atoms. The van der Waals surface area contributed by atoms with Crippen LogP contribution in [0, 0.1) is 0 Å². The van der Waals surface area contributed by atoms with Gasteiger partial charge in [0.05, 0.1) is 40.8 Å². The summed E-state index contributed by atoms with van der Waals surface area (Å²) >= 11 is 0. The number of aromatic amines is 1. The molecule has 0 bridgehead atoms. The van der Waals surface area contributed by atoms with E-state index in [4.69, 9.17) is 0 Å². The van der Waals surface area contributed by atoms with Crippen molar-refractivity contribution in [2.75, 3.05) is 24.6 Å². The van der Waals surface area contributed by atoms with E-state index in [1.807, 2.05) is 24.4 Å². The van der Waals surface area contributed by atoms with Gasteiger partial charge in [0.2, 0.25) is 0 Å². The van der Waals surface area contributed by atoms with E-state index in [9.17, 15) is 9.11 Å². The van der Waals surface area contributed by atoms with Crippen LogP contribution >= 0.6 is 10.6 Å². The van der Waals surface area contributed by atoms with Crippen molar-refractivity contribution in [3.8, 4) is 5.69 Å². The van der Waals surface area contributed by atoms with Crippen molar-refractivity contribution >= 4 is 21.5 Å². The predicted molar refractivity (Wildman–Crippen MR) is 88.9 cm³/mol. The Morgan fingerprint density at radius 3 is 2.87 bits per heavy atom. The number of fused-ring (bicyclic) bond motifs is 1. The van der Waals surface area contributed by atoms with Crippen LogP contribution in [0.3, 0.4) is 0 Å². The zero-order valence-electron chi connectivity index (χ0n) is 12.5. The minimum absolute atomic E-state index is 0.443. The van der Waals surface area contributed by atoms with Crippen LogP contribution in [0.1, 0.15) is 5.69 Å². The summed E-state index contributed by atoms with van der Waals surface area (Å²) in [5.74, 6) is 0.886. The summed E-state index contributed by atoms with van der Waals surface area (Å²) in [5.41, 5.74) is 2.79. The molecule has 0 radical (unpaired) electrons. The lowest BCUT2D eigenvalue weighted by Crippen LogP contribution is -2.37. The number of nitrogens with zero attached hydrogens (tertiary/aromatic N) is 5. The largest absolute Gasteiger partial charge is 0.299 e. The molecular weight excluding hydrogens is 316 g/mol. The first-order chi connectivity index (χ1) is 11.1. The quantitative estimate of drug-likeness (QED) is 0.674. The minimum Gasteiger partial charge on any atom is -0.299 e. The minimum atomic E-state index is -2.35. The molecule has 1 aromatic carbocycles. The Labute approximate surface area is 134 Å². The summed E-state index contributed by atoms with van der Waals surface area (Å²) < 4.78 is 21.1. The molecule has 122 valence electrons. The zero-order valence-corrected chi connectivity index (χ0v) is 13.3. The van der Waals surface area contributed by atoms with Gasteiger partial charge in [-0.2, -0.15) is 15.7 Å². The van der Waals surface area contributed by atoms with Gasteiger partial charge in [0.15, 0.2) is 0 Å².